The fraction of sp³-hybridized carbons (Fsp3) is 0.600. The number of sulfonamides is 1. The highest BCUT2D eigenvalue weighted by molar-refractivity contribution is 7.89. The van der Waals surface area contributed by atoms with E-state index < -0.39 is 10.0 Å². The summed E-state index contributed by atoms with van der Waals surface area (Å²) < 4.78 is 26.8. The Morgan fingerprint density at radius 3 is 2.40 bits per heavy atom. The van der Waals surface area contributed by atoms with Crippen molar-refractivity contribution in [2.24, 2.45) is 11.7 Å². The molecule has 0 fully saturated rings. The molecule has 0 radical (unpaired) electrons. The maximum absolute atomic E-state index is 12.6. The molecule has 114 valence electrons. The maximum Gasteiger partial charge on any atom is 0.243 e. The van der Waals surface area contributed by atoms with Crippen LogP contribution >= 0.6 is 0 Å². The van der Waals surface area contributed by atoms with Crippen LogP contribution in [0.25, 0.3) is 0 Å². The average Bonchev–Trinajstić information content (AvgIpc) is 2.43. The minimum Gasteiger partial charge on any atom is -0.324 e. The lowest BCUT2D eigenvalue weighted by atomic mass is 10.1. The van der Waals surface area contributed by atoms with Crippen LogP contribution in [0.1, 0.15) is 45.7 Å². The summed E-state index contributed by atoms with van der Waals surface area (Å²) >= 11 is 0. The summed E-state index contributed by atoms with van der Waals surface area (Å²) in [5.74, 6) is 0.297. The van der Waals surface area contributed by atoms with E-state index >= 15 is 0 Å². The molecule has 0 spiro atoms. The van der Waals surface area contributed by atoms with Gasteiger partial charge in [0.15, 0.2) is 0 Å². The van der Waals surface area contributed by atoms with Gasteiger partial charge < -0.3 is 5.73 Å². The van der Waals surface area contributed by atoms with Crippen molar-refractivity contribution in [3.8, 4) is 0 Å². The number of nitrogens with zero attached hydrogens (tertiary/aromatic N) is 1. The average molecular weight is 298 g/mol. The molecule has 1 aromatic carbocycles. The molecule has 20 heavy (non-hydrogen) atoms. The summed E-state index contributed by atoms with van der Waals surface area (Å²) in [6.07, 6.45) is 0.785. The number of rotatable bonds is 7. The van der Waals surface area contributed by atoms with Gasteiger partial charge in [-0.25, -0.2) is 8.42 Å². The number of benzene rings is 1. The lowest BCUT2D eigenvalue weighted by Gasteiger charge is -2.23. The van der Waals surface area contributed by atoms with Gasteiger partial charge in [-0.2, -0.15) is 4.31 Å². The van der Waals surface area contributed by atoms with Gasteiger partial charge in [-0.05, 0) is 30.0 Å². The molecule has 0 bridgehead atoms. The van der Waals surface area contributed by atoms with Gasteiger partial charge in [0.2, 0.25) is 10.0 Å². The summed E-state index contributed by atoms with van der Waals surface area (Å²) in [6.45, 7) is 8.89. The standard InChI is InChI=1S/C15H26N2O2S/c1-5-15(16)13-8-7-9-14(10-13)20(18,19)17(6-2)11-12(3)4/h7-10,12,15H,5-6,11,16H2,1-4H3. The zero-order chi connectivity index (χ0) is 15.3. The Balaban J connectivity index is 3.14. The minimum atomic E-state index is -3.43. The fourth-order valence-electron chi connectivity index (χ4n) is 2.09. The van der Waals surface area contributed by atoms with Crippen LogP contribution in [-0.4, -0.2) is 25.8 Å². The minimum absolute atomic E-state index is 0.120. The van der Waals surface area contributed by atoms with Crippen molar-refractivity contribution in [2.45, 2.75) is 45.1 Å². The Morgan fingerprint density at radius 2 is 1.90 bits per heavy atom. The largest absolute Gasteiger partial charge is 0.324 e. The molecule has 4 nitrogen and oxygen atoms in total. The van der Waals surface area contributed by atoms with Crippen LogP contribution in [0.2, 0.25) is 0 Å². The van der Waals surface area contributed by atoms with Crippen LogP contribution in [0.3, 0.4) is 0 Å². The highest BCUT2D eigenvalue weighted by Gasteiger charge is 2.24. The highest BCUT2D eigenvalue weighted by atomic mass is 32.2. The molecular formula is C15H26N2O2S. The lowest BCUT2D eigenvalue weighted by molar-refractivity contribution is 0.381. The predicted octanol–water partition coefficient (Wildman–Crippen LogP) is 2.76. The zero-order valence-corrected chi connectivity index (χ0v) is 13.7. The Hall–Kier alpha value is -0.910. The molecular weight excluding hydrogens is 272 g/mol. The van der Waals surface area contributed by atoms with E-state index in [9.17, 15) is 8.42 Å². The van der Waals surface area contributed by atoms with Crippen molar-refractivity contribution in [1.82, 2.24) is 4.31 Å². The first-order valence-corrected chi connectivity index (χ1v) is 8.62. The van der Waals surface area contributed by atoms with Gasteiger partial charge >= 0.3 is 0 Å². The monoisotopic (exact) mass is 298 g/mol. The van der Waals surface area contributed by atoms with Crippen molar-refractivity contribution in [2.75, 3.05) is 13.1 Å². The topological polar surface area (TPSA) is 63.4 Å². The second-order valence-electron chi connectivity index (χ2n) is 5.44. The first-order valence-electron chi connectivity index (χ1n) is 7.18. The summed E-state index contributed by atoms with van der Waals surface area (Å²) in [5.41, 5.74) is 6.86. The van der Waals surface area contributed by atoms with E-state index in [0.29, 0.717) is 23.9 Å². The molecule has 2 N–H and O–H groups in total. The smallest absolute Gasteiger partial charge is 0.243 e. The molecule has 0 saturated heterocycles. The van der Waals surface area contributed by atoms with Crippen LogP contribution in [0.5, 0.6) is 0 Å². The van der Waals surface area contributed by atoms with Gasteiger partial charge in [-0.1, -0.05) is 39.8 Å². The lowest BCUT2D eigenvalue weighted by Crippen LogP contribution is -2.34. The maximum atomic E-state index is 12.6. The molecule has 1 aromatic rings. The first-order chi connectivity index (χ1) is 9.32. The molecule has 0 aromatic heterocycles. The van der Waals surface area contributed by atoms with Crippen LogP contribution in [0.15, 0.2) is 29.2 Å². The van der Waals surface area contributed by atoms with Gasteiger partial charge in [-0.3, -0.25) is 0 Å². The quantitative estimate of drug-likeness (QED) is 0.842. The number of hydrogen-bond donors (Lipinski definition) is 1. The van der Waals surface area contributed by atoms with E-state index in [-0.39, 0.29) is 6.04 Å². The Morgan fingerprint density at radius 1 is 1.25 bits per heavy atom. The van der Waals surface area contributed by atoms with E-state index in [4.69, 9.17) is 5.73 Å². The third-order valence-electron chi connectivity index (χ3n) is 3.29. The van der Waals surface area contributed by atoms with Crippen LogP contribution in [-0.2, 0) is 10.0 Å². The molecule has 1 rings (SSSR count). The Labute approximate surface area is 123 Å². The van der Waals surface area contributed by atoms with Gasteiger partial charge in [0.05, 0.1) is 4.90 Å². The molecule has 0 aliphatic rings. The SMILES string of the molecule is CCC(N)c1cccc(S(=O)(=O)N(CC)CC(C)C)c1. The zero-order valence-electron chi connectivity index (χ0n) is 12.8. The van der Waals surface area contributed by atoms with Crippen LogP contribution < -0.4 is 5.73 Å². The van der Waals surface area contributed by atoms with Crippen molar-refractivity contribution in [3.05, 3.63) is 29.8 Å². The number of hydrogen-bond acceptors (Lipinski definition) is 3. The summed E-state index contributed by atoms with van der Waals surface area (Å²) in [5, 5.41) is 0. The van der Waals surface area contributed by atoms with Gasteiger partial charge in [0.25, 0.3) is 0 Å². The van der Waals surface area contributed by atoms with E-state index in [0.717, 1.165) is 12.0 Å². The predicted molar refractivity (Wildman–Crippen MR) is 82.9 cm³/mol. The van der Waals surface area contributed by atoms with Crippen LogP contribution in [0.4, 0.5) is 0 Å². The van der Waals surface area contributed by atoms with Crippen molar-refractivity contribution in [3.63, 3.8) is 0 Å². The van der Waals surface area contributed by atoms with Crippen LogP contribution in [0, 0.1) is 5.92 Å². The molecule has 1 unspecified atom stereocenters. The third-order valence-corrected chi connectivity index (χ3v) is 5.22. The first kappa shape index (κ1) is 17.1. The van der Waals surface area contributed by atoms with Gasteiger partial charge in [-0.15, -0.1) is 0 Å². The normalized spacial score (nSPS) is 13.9. The third kappa shape index (κ3) is 4.04. The van der Waals surface area contributed by atoms with E-state index in [1.54, 1.807) is 18.2 Å². The summed E-state index contributed by atoms with van der Waals surface area (Å²) in [6, 6.07) is 6.87. The van der Waals surface area contributed by atoms with E-state index in [1.165, 1.54) is 4.31 Å². The molecule has 0 heterocycles. The molecule has 0 saturated carbocycles. The summed E-state index contributed by atoms with van der Waals surface area (Å²) in [4.78, 5) is 0.335. The second kappa shape index (κ2) is 7.20. The van der Waals surface area contributed by atoms with E-state index in [1.807, 2.05) is 33.8 Å². The number of nitrogens with two attached hydrogens (primary N) is 1. The van der Waals surface area contributed by atoms with Crippen molar-refractivity contribution in [1.29, 1.82) is 0 Å². The highest BCUT2D eigenvalue weighted by Crippen LogP contribution is 2.21. The Kier molecular flexibility index (Phi) is 6.17. The van der Waals surface area contributed by atoms with E-state index in [2.05, 4.69) is 0 Å². The van der Waals surface area contributed by atoms with Crippen molar-refractivity contribution >= 4 is 10.0 Å². The summed E-state index contributed by atoms with van der Waals surface area (Å²) in [7, 11) is -3.43. The van der Waals surface area contributed by atoms with Gasteiger partial charge in [0.1, 0.15) is 0 Å². The molecule has 0 amide bonds. The van der Waals surface area contributed by atoms with Gasteiger partial charge in [0, 0.05) is 19.1 Å². The van der Waals surface area contributed by atoms with Crippen molar-refractivity contribution < 1.29 is 8.42 Å². The molecule has 1 atom stereocenters. The second-order valence-corrected chi connectivity index (χ2v) is 7.37. The molecule has 0 aliphatic carbocycles. The Bertz CT molecular complexity index is 526. The fourth-order valence-corrected chi connectivity index (χ4v) is 3.76. The molecule has 0 aliphatic heterocycles. The molecule has 5 heteroatoms.